The fourth-order valence-electron chi connectivity index (χ4n) is 4.44. The van der Waals surface area contributed by atoms with Gasteiger partial charge in [-0.15, -0.1) is 0 Å². The summed E-state index contributed by atoms with van der Waals surface area (Å²) < 4.78 is 27.7. The van der Waals surface area contributed by atoms with E-state index < -0.39 is 21.4 Å². The van der Waals surface area contributed by atoms with E-state index in [1.165, 1.54) is 12.1 Å². The van der Waals surface area contributed by atoms with E-state index in [-0.39, 0.29) is 35.0 Å². The van der Waals surface area contributed by atoms with E-state index in [9.17, 15) is 23.1 Å². The molecule has 2 atom stereocenters. The van der Waals surface area contributed by atoms with Crippen LogP contribution in [0.3, 0.4) is 0 Å². The van der Waals surface area contributed by atoms with E-state index in [1.807, 2.05) is 13.8 Å². The van der Waals surface area contributed by atoms with Gasteiger partial charge in [-0.3, -0.25) is 4.79 Å². The maximum Gasteiger partial charge on any atom is 0.212 e. The third-order valence-electron chi connectivity index (χ3n) is 6.26. The summed E-state index contributed by atoms with van der Waals surface area (Å²) in [5, 5.41) is 10.7. The molecule has 1 aromatic rings. The van der Waals surface area contributed by atoms with Crippen molar-refractivity contribution < 1.29 is 23.1 Å². The summed E-state index contributed by atoms with van der Waals surface area (Å²) in [5.74, 6) is -1.12. The summed E-state index contributed by atoms with van der Waals surface area (Å²) in [4.78, 5) is 23.2. The lowest BCUT2D eigenvalue weighted by Crippen LogP contribution is -2.45. The predicted octanol–water partition coefficient (Wildman–Crippen LogP) is 0.865. The Morgan fingerprint density at radius 3 is 2.40 bits per heavy atom. The zero-order valence-corrected chi connectivity index (χ0v) is 15.2. The summed E-state index contributed by atoms with van der Waals surface area (Å²) in [6, 6.07) is 5.84. The number of fused-ring (bicyclic) bond motifs is 2. The van der Waals surface area contributed by atoms with Crippen LogP contribution < -0.4 is 9.83 Å². The normalized spacial score (nSPS) is 27.6. The number of ketones is 1. The summed E-state index contributed by atoms with van der Waals surface area (Å²) in [6.45, 7) is 4.07. The number of benzene rings is 1. The van der Waals surface area contributed by atoms with Crippen LogP contribution in [0, 0.1) is 16.7 Å². The Morgan fingerprint density at radius 2 is 1.92 bits per heavy atom. The topological polar surface area (TPSA) is 103 Å². The number of hydrogen-bond donors (Lipinski definition) is 1. The van der Waals surface area contributed by atoms with Crippen LogP contribution in [0.5, 0.6) is 0 Å². The second-order valence-corrected chi connectivity index (χ2v) is 9.54. The van der Waals surface area contributed by atoms with Crippen LogP contribution in [-0.4, -0.2) is 25.9 Å². The second-order valence-electron chi connectivity index (χ2n) is 7.73. The first-order valence-corrected chi connectivity index (χ1v) is 10.0. The first-order valence-electron chi connectivity index (χ1n) is 8.38. The van der Waals surface area contributed by atoms with Gasteiger partial charge in [0.2, 0.25) is 10.0 Å². The SMILES string of the molecule is CC1(C)[C@@H]2CC[C@@]1(CS(=O)(=O)NCc1ccc(C(=O)[O-])cc1)C(=O)C2. The minimum atomic E-state index is -3.64. The number of aromatic carboxylic acids is 1. The average Bonchev–Trinajstić information content (AvgIpc) is 2.87. The molecule has 2 fully saturated rings. The first-order chi connectivity index (χ1) is 11.6. The molecule has 2 saturated carbocycles. The molecule has 0 aliphatic heterocycles. The number of carboxylic acid groups (broad SMARTS) is 1. The number of sulfonamides is 1. The summed E-state index contributed by atoms with van der Waals surface area (Å²) in [6.07, 6.45) is 2.01. The van der Waals surface area contributed by atoms with Crippen molar-refractivity contribution in [3.05, 3.63) is 35.4 Å². The minimum Gasteiger partial charge on any atom is -0.545 e. The van der Waals surface area contributed by atoms with Gasteiger partial charge in [0.25, 0.3) is 0 Å². The second kappa shape index (κ2) is 5.92. The van der Waals surface area contributed by atoms with Crippen molar-refractivity contribution in [1.82, 2.24) is 4.72 Å². The molecule has 0 saturated heterocycles. The van der Waals surface area contributed by atoms with E-state index >= 15 is 0 Å². The number of rotatable bonds is 6. The highest BCUT2D eigenvalue weighted by Crippen LogP contribution is 2.64. The first kappa shape index (κ1) is 18.1. The summed E-state index contributed by atoms with van der Waals surface area (Å²) in [7, 11) is -3.64. The summed E-state index contributed by atoms with van der Waals surface area (Å²) >= 11 is 0. The fourth-order valence-corrected chi connectivity index (χ4v) is 6.25. The molecule has 2 bridgehead atoms. The molecule has 1 aromatic carbocycles. The Bertz CT molecular complexity index is 812. The van der Waals surface area contributed by atoms with Crippen molar-refractivity contribution in [2.75, 3.05) is 5.75 Å². The van der Waals surface area contributed by atoms with Gasteiger partial charge >= 0.3 is 0 Å². The number of carboxylic acids is 1. The lowest BCUT2D eigenvalue weighted by molar-refractivity contribution is -0.255. The lowest BCUT2D eigenvalue weighted by atomic mass is 9.70. The van der Waals surface area contributed by atoms with Gasteiger partial charge < -0.3 is 9.90 Å². The van der Waals surface area contributed by atoms with E-state index in [0.29, 0.717) is 18.4 Å². The fraction of sp³-hybridized carbons (Fsp3) is 0.556. The Hall–Kier alpha value is -1.73. The molecule has 136 valence electrons. The molecule has 6 nitrogen and oxygen atoms in total. The molecule has 0 spiro atoms. The standard InChI is InChI=1S/C18H23NO5S/c1-17(2)14-7-8-18(17,15(20)9-14)11-25(23,24)19-10-12-3-5-13(6-4-12)16(21)22/h3-6,14,19H,7-11H2,1-2H3,(H,21,22)/p-1/t14-,18-/m1/s1. The molecule has 25 heavy (non-hydrogen) atoms. The molecule has 0 unspecified atom stereocenters. The molecule has 7 heteroatoms. The van der Waals surface area contributed by atoms with Gasteiger partial charge in [-0.25, -0.2) is 13.1 Å². The van der Waals surface area contributed by atoms with Gasteiger partial charge in [-0.1, -0.05) is 38.1 Å². The molecule has 2 aliphatic carbocycles. The van der Waals surface area contributed by atoms with Crippen LogP contribution in [-0.2, 0) is 21.4 Å². The van der Waals surface area contributed by atoms with E-state index in [1.54, 1.807) is 12.1 Å². The monoisotopic (exact) mass is 364 g/mol. The number of carbonyl (C=O) groups is 2. The van der Waals surface area contributed by atoms with Gasteiger partial charge in [0.15, 0.2) is 0 Å². The highest BCUT2D eigenvalue weighted by atomic mass is 32.2. The lowest BCUT2D eigenvalue weighted by Gasteiger charge is -2.36. The van der Waals surface area contributed by atoms with Gasteiger partial charge in [0.1, 0.15) is 5.78 Å². The molecular weight excluding hydrogens is 342 g/mol. The number of Topliss-reactive ketones (excluding diaryl/α,β-unsaturated/α-hetero) is 1. The van der Waals surface area contributed by atoms with Crippen LogP contribution in [0.1, 0.15) is 49.0 Å². The molecule has 2 aliphatic rings. The highest BCUT2D eigenvalue weighted by Gasteiger charge is 2.65. The molecule has 0 aromatic heterocycles. The number of nitrogens with one attached hydrogen (secondary N) is 1. The molecule has 0 heterocycles. The molecule has 0 radical (unpaired) electrons. The van der Waals surface area contributed by atoms with Crippen molar-refractivity contribution >= 4 is 21.8 Å². The predicted molar refractivity (Wildman–Crippen MR) is 90.0 cm³/mol. The van der Waals surface area contributed by atoms with Crippen LogP contribution in [0.2, 0.25) is 0 Å². The largest absolute Gasteiger partial charge is 0.545 e. The zero-order chi connectivity index (χ0) is 18.5. The Labute approximate surface area is 147 Å². The van der Waals surface area contributed by atoms with E-state index in [2.05, 4.69) is 4.72 Å². The van der Waals surface area contributed by atoms with Gasteiger partial charge in [0.05, 0.1) is 11.7 Å². The average molecular weight is 364 g/mol. The third kappa shape index (κ3) is 3.00. The number of hydrogen-bond acceptors (Lipinski definition) is 5. The van der Waals surface area contributed by atoms with E-state index in [4.69, 9.17) is 0 Å². The van der Waals surface area contributed by atoms with Crippen LogP contribution in [0.25, 0.3) is 0 Å². The van der Waals surface area contributed by atoms with Crippen LogP contribution in [0.4, 0.5) is 0 Å². The summed E-state index contributed by atoms with van der Waals surface area (Å²) in [5.41, 5.74) is -0.398. The van der Waals surface area contributed by atoms with E-state index in [0.717, 1.165) is 6.42 Å². The van der Waals surface area contributed by atoms with Crippen LogP contribution in [0.15, 0.2) is 24.3 Å². The maximum atomic E-state index is 12.6. The third-order valence-corrected chi connectivity index (χ3v) is 7.72. The molecule has 1 N–H and O–H groups in total. The van der Waals surface area contributed by atoms with Crippen molar-refractivity contribution in [1.29, 1.82) is 0 Å². The minimum absolute atomic E-state index is 0.0424. The smallest absolute Gasteiger partial charge is 0.212 e. The Morgan fingerprint density at radius 1 is 1.28 bits per heavy atom. The van der Waals surface area contributed by atoms with Gasteiger partial charge in [-0.05, 0) is 35.3 Å². The molecule has 3 rings (SSSR count). The van der Waals surface area contributed by atoms with Gasteiger partial charge in [0, 0.05) is 18.4 Å². The van der Waals surface area contributed by atoms with Crippen molar-refractivity contribution in [2.24, 2.45) is 16.7 Å². The maximum absolute atomic E-state index is 12.6. The molecule has 0 amide bonds. The Kier molecular flexibility index (Phi) is 4.28. The van der Waals surface area contributed by atoms with Gasteiger partial charge in [-0.2, -0.15) is 0 Å². The highest BCUT2D eigenvalue weighted by molar-refractivity contribution is 7.89. The molecular formula is C18H22NO5S-. The quantitative estimate of drug-likeness (QED) is 0.806. The zero-order valence-electron chi connectivity index (χ0n) is 14.4. The van der Waals surface area contributed by atoms with Crippen molar-refractivity contribution in [3.8, 4) is 0 Å². The van der Waals surface area contributed by atoms with Crippen molar-refractivity contribution in [3.63, 3.8) is 0 Å². The number of carbonyl (C=O) groups excluding carboxylic acids is 2. The van der Waals surface area contributed by atoms with Crippen molar-refractivity contribution in [2.45, 2.75) is 39.7 Å². The Balaban J connectivity index is 1.70. The van der Waals surface area contributed by atoms with Crippen LogP contribution >= 0.6 is 0 Å².